The molecule has 0 amide bonds. The fraction of sp³-hybridized carbons (Fsp3) is 0.667. The molecule has 0 heterocycles. The Morgan fingerprint density at radius 1 is 1.05 bits per heavy atom. The van der Waals surface area contributed by atoms with Crippen molar-refractivity contribution in [3.05, 3.63) is 29.8 Å². The Kier molecular flexibility index (Phi) is 6.97. The Bertz CT molecular complexity index is 377. The summed E-state index contributed by atoms with van der Waals surface area (Å²) in [6.07, 6.45) is 3.82. The maximum absolute atomic E-state index is 2.63. The fourth-order valence-electron chi connectivity index (χ4n) is 2.42. The van der Waals surface area contributed by atoms with Gasteiger partial charge in [-0.15, -0.1) is 0 Å². The van der Waals surface area contributed by atoms with Crippen molar-refractivity contribution in [2.45, 2.75) is 72.3 Å². The number of benzene rings is 1. The molecule has 114 valence electrons. The Balaban J connectivity index is 2.73. The van der Waals surface area contributed by atoms with Crippen LogP contribution in [0.15, 0.2) is 24.3 Å². The first kappa shape index (κ1) is 17.4. The first-order valence-electron chi connectivity index (χ1n) is 8.22. The van der Waals surface area contributed by atoms with Gasteiger partial charge in [-0.25, -0.2) is 0 Å². The molecule has 0 bridgehead atoms. The smallest absolute Gasteiger partial charge is 0.0775 e. The standard InChI is InChI=1S/C18H33NSi/c1-7-9-14-19(16(3)8-2)15-17-10-12-18(13-11-17)20(4,5)6/h10-13,16H,7-9,14-15H2,1-6H3. The lowest BCUT2D eigenvalue weighted by atomic mass is 10.1. The van der Waals surface area contributed by atoms with Crippen molar-refractivity contribution in [1.29, 1.82) is 0 Å². The first-order chi connectivity index (χ1) is 9.38. The van der Waals surface area contributed by atoms with E-state index in [0.29, 0.717) is 6.04 Å². The van der Waals surface area contributed by atoms with Gasteiger partial charge in [-0.2, -0.15) is 0 Å². The Hall–Kier alpha value is -0.603. The lowest BCUT2D eigenvalue weighted by Crippen LogP contribution is -2.37. The minimum atomic E-state index is -1.16. The SMILES string of the molecule is CCCCN(Cc1ccc([Si](C)(C)C)cc1)C(C)CC. The Morgan fingerprint density at radius 2 is 1.65 bits per heavy atom. The van der Waals surface area contributed by atoms with Gasteiger partial charge < -0.3 is 0 Å². The van der Waals surface area contributed by atoms with Crippen LogP contribution in [0.25, 0.3) is 0 Å². The molecule has 0 radical (unpaired) electrons. The van der Waals surface area contributed by atoms with Gasteiger partial charge in [-0.1, -0.05) is 69.4 Å². The van der Waals surface area contributed by atoms with Crippen LogP contribution in [0.2, 0.25) is 19.6 Å². The maximum Gasteiger partial charge on any atom is 0.0775 e. The van der Waals surface area contributed by atoms with Gasteiger partial charge in [-0.3, -0.25) is 4.90 Å². The van der Waals surface area contributed by atoms with Gasteiger partial charge in [0, 0.05) is 12.6 Å². The molecule has 0 aromatic heterocycles. The van der Waals surface area contributed by atoms with Crippen molar-refractivity contribution in [1.82, 2.24) is 4.90 Å². The third kappa shape index (κ3) is 5.41. The summed E-state index contributed by atoms with van der Waals surface area (Å²) >= 11 is 0. The molecular weight excluding hydrogens is 258 g/mol. The fourth-order valence-corrected chi connectivity index (χ4v) is 3.59. The van der Waals surface area contributed by atoms with Crippen LogP contribution in [0.3, 0.4) is 0 Å². The normalized spacial score (nSPS) is 13.8. The summed E-state index contributed by atoms with van der Waals surface area (Å²) < 4.78 is 0. The Morgan fingerprint density at radius 3 is 2.10 bits per heavy atom. The van der Waals surface area contributed by atoms with Gasteiger partial charge in [-0.05, 0) is 31.9 Å². The summed E-state index contributed by atoms with van der Waals surface area (Å²) in [4.78, 5) is 2.63. The molecule has 1 unspecified atom stereocenters. The second-order valence-electron chi connectivity index (χ2n) is 7.03. The molecule has 0 aliphatic rings. The molecule has 1 atom stereocenters. The Labute approximate surface area is 127 Å². The van der Waals surface area contributed by atoms with Crippen molar-refractivity contribution >= 4 is 13.3 Å². The zero-order valence-corrected chi connectivity index (χ0v) is 15.4. The molecule has 1 aromatic carbocycles. The van der Waals surface area contributed by atoms with E-state index in [1.807, 2.05) is 0 Å². The number of nitrogens with zero attached hydrogens (tertiary/aromatic N) is 1. The lowest BCUT2D eigenvalue weighted by molar-refractivity contribution is 0.192. The summed E-state index contributed by atoms with van der Waals surface area (Å²) in [5.41, 5.74) is 1.46. The van der Waals surface area contributed by atoms with E-state index in [1.54, 1.807) is 5.19 Å². The highest BCUT2D eigenvalue weighted by Gasteiger charge is 2.16. The molecule has 0 spiro atoms. The van der Waals surface area contributed by atoms with Crippen molar-refractivity contribution in [3.8, 4) is 0 Å². The van der Waals surface area contributed by atoms with Crippen LogP contribution in [0.4, 0.5) is 0 Å². The zero-order chi connectivity index (χ0) is 15.2. The van der Waals surface area contributed by atoms with Crippen molar-refractivity contribution in [2.75, 3.05) is 6.54 Å². The molecule has 0 N–H and O–H groups in total. The van der Waals surface area contributed by atoms with E-state index < -0.39 is 8.07 Å². The summed E-state index contributed by atoms with van der Waals surface area (Å²) in [6.45, 7) is 16.5. The van der Waals surface area contributed by atoms with Crippen molar-refractivity contribution < 1.29 is 0 Å². The third-order valence-electron chi connectivity index (χ3n) is 4.22. The van der Waals surface area contributed by atoms with Crippen LogP contribution in [0.1, 0.15) is 45.6 Å². The molecule has 0 saturated heterocycles. The maximum atomic E-state index is 2.63. The van der Waals surface area contributed by atoms with Gasteiger partial charge in [0.1, 0.15) is 0 Å². The van der Waals surface area contributed by atoms with Crippen LogP contribution < -0.4 is 5.19 Å². The van der Waals surface area contributed by atoms with E-state index in [-0.39, 0.29) is 0 Å². The minimum Gasteiger partial charge on any atom is -0.296 e. The van der Waals surface area contributed by atoms with Crippen LogP contribution in [0, 0.1) is 0 Å². The van der Waals surface area contributed by atoms with E-state index >= 15 is 0 Å². The van der Waals surface area contributed by atoms with E-state index in [9.17, 15) is 0 Å². The lowest BCUT2D eigenvalue weighted by Gasteiger charge is -2.28. The van der Waals surface area contributed by atoms with E-state index in [1.165, 1.54) is 31.4 Å². The quantitative estimate of drug-likeness (QED) is 0.631. The van der Waals surface area contributed by atoms with E-state index in [2.05, 4.69) is 69.6 Å². The van der Waals surface area contributed by atoms with Crippen molar-refractivity contribution in [3.63, 3.8) is 0 Å². The molecule has 2 heteroatoms. The molecule has 0 saturated carbocycles. The zero-order valence-electron chi connectivity index (χ0n) is 14.4. The van der Waals surface area contributed by atoms with Crippen molar-refractivity contribution in [2.24, 2.45) is 0 Å². The van der Waals surface area contributed by atoms with Crippen LogP contribution in [0.5, 0.6) is 0 Å². The largest absolute Gasteiger partial charge is 0.296 e. The molecule has 20 heavy (non-hydrogen) atoms. The molecule has 1 aromatic rings. The van der Waals surface area contributed by atoms with Gasteiger partial charge in [0.25, 0.3) is 0 Å². The molecule has 1 nitrogen and oxygen atoms in total. The summed E-state index contributed by atoms with van der Waals surface area (Å²) in [7, 11) is -1.16. The topological polar surface area (TPSA) is 3.24 Å². The van der Waals surface area contributed by atoms with Crippen LogP contribution in [-0.2, 0) is 6.54 Å². The minimum absolute atomic E-state index is 0.679. The second-order valence-corrected chi connectivity index (χ2v) is 12.1. The number of hydrogen-bond acceptors (Lipinski definition) is 1. The van der Waals surface area contributed by atoms with Gasteiger partial charge in [0.2, 0.25) is 0 Å². The van der Waals surface area contributed by atoms with Crippen LogP contribution in [-0.4, -0.2) is 25.6 Å². The van der Waals surface area contributed by atoms with Gasteiger partial charge in [0.15, 0.2) is 0 Å². The number of rotatable bonds is 8. The van der Waals surface area contributed by atoms with Gasteiger partial charge >= 0.3 is 0 Å². The predicted molar refractivity (Wildman–Crippen MR) is 94.5 cm³/mol. The summed E-state index contributed by atoms with van der Waals surface area (Å²) in [6, 6.07) is 10.1. The highest BCUT2D eigenvalue weighted by atomic mass is 28.3. The summed E-state index contributed by atoms with van der Waals surface area (Å²) in [5, 5.41) is 1.56. The number of hydrogen-bond donors (Lipinski definition) is 0. The summed E-state index contributed by atoms with van der Waals surface area (Å²) in [5.74, 6) is 0. The van der Waals surface area contributed by atoms with E-state index in [4.69, 9.17) is 0 Å². The average Bonchev–Trinajstić information content (AvgIpc) is 2.42. The molecular formula is C18H33NSi. The monoisotopic (exact) mass is 291 g/mol. The second kappa shape index (κ2) is 7.99. The van der Waals surface area contributed by atoms with Crippen LogP contribution >= 0.6 is 0 Å². The number of unbranched alkanes of at least 4 members (excludes halogenated alkanes) is 1. The third-order valence-corrected chi connectivity index (χ3v) is 6.28. The van der Waals surface area contributed by atoms with E-state index in [0.717, 1.165) is 6.54 Å². The molecule has 0 aliphatic heterocycles. The molecule has 1 rings (SSSR count). The molecule has 0 aliphatic carbocycles. The first-order valence-corrected chi connectivity index (χ1v) is 11.7. The highest BCUT2D eigenvalue weighted by molar-refractivity contribution is 6.88. The molecule has 0 fully saturated rings. The predicted octanol–water partition coefficient (Wildman–Crippen LogP) is 4.63. The average molecular weight is 292 g/mol. The highest BCUT2D eigenvalue weighted by Crippen LogP contribution is 2.12. The van der Waals surface area contributed by atoms with Gasteiger partial charge in [0.05, 0.1) is 8.07 Å².